The van der Waals surface area contributed by atoms with E-state index >= 15 is 0 Å². The molecule has 0 aromatic heterocycles. The molecule has 1 N–H and O–H groups in total. The molecule has 0 bridgehead atoms. The molecule has 0 spiro atoms. The molecule has 2 heteroatoms. The van der Waals surface area contributed by atoms with Gasteiger partial charge in [-0.15, -0.1) is 0 Å². The fourth-order valence-corrected chi connectivity index (χ4v) is 8.74. The van der Waals surface area contributed by atoms with Crippen molar-refractivity contribution in [2.24, 2.45) is 17.8 Å². The highest BCUT2D eigenvalue weighted by molar-refractivity contribution is 6.76. The van der Waals surface area contributed by atoms with Gasteiger partial charge in [-0.1, -0.05) is 50.7 Å². The summed E-state index contributed by atoms with van der Waals surface area (Å²) in [5.41, 5.74) is 1.12. The molecule has 1 nitrogen and oxygen atoms in total. The molecule has 4 atom stereocenters. The van der Waals surface area contributed by atoms with Gasteiger partial charge in [0.15, 0.2) is 0 Å². The Balaban J connectivity index is 2.20. The van der Waals surface area contributed by atoms with Gasteiger partial charge in [-0.2, -0.15) is 0 Å². The van der Waals surface area contributed by atoms with Crippen LogP contribution in [0.3, 0.4) is 0 Å². The highest BCUT2D eigenvalue weighted by Gasteiger charge is 2.48. The van der Waals surface area contributed by atoms with E-state index < -0.39 is 8.24 Å². The van der Waals surface area contributed by atoms with E-state index in [4.69, 9.17) is 0 Å². The van der Waals surface area contributed by atoms with Gasteiger partial charge < -0.3 is 4.98 Å². The Morgan fingerprint density at radius 1 is 1.11 bits per heavy atom. The van der Waals surface area contributed by atoms with Gasteiger partial charge in [0.25, 0.3) is 0 Å². The van der Waals surface area contributed by atoms with Crippen molar-refractivity contribution in [1.29, 1.82) is 0 Å². The van der Waals surface area contributed by atoms with Crippen molar-refractivity contribution in [2.45, 2.75) is 64.7 Å². The van der Waals surface area contributed by atoms with Crippen molar-refractivity contribution in [3.05, 3.63) is 24.3 Å². The Morgan fingerprint density at radius 3 is 2.21 bits per heavy atom. The number of nitrogens with one attached hydrogen (secondary N) is 1. The molecule has 0 aliphatic heterocycles. The van der Waals surface area contributed by atoms with E-state index in [0.29, 0.717) is 0 Å². The minimum absolute atomic E-state index is 0.240. The molecule has 0 radical (unpaired) electrons. The molecule has 2 aliphatic rings. The van der Waals surface area contributed by atoms with Gasteiger partial charge in [-0.25, -0.2) is 0 Å². The second-order valence-corrected chi connectivity index (χ2v) is 12.5. The second-order valence-electron chi connectivity index (χ2n) is 8.03. The van der Waals surface area contributed by atoms with Crippen LogP contribution in [0.25, 0.3) is 0 Å². The first kappa shape index (κ1) is 15.1. The summed E-state index contributed by atoms with van der Waals surface area (Å²) in [7, 11) is -1.41. The van der Waals surface area contributed by atoms with E-state index in [1.54, 1.807) is 0 Å². The van der Waals surface area contributed by atoms with E-state index in [2.05, 4.69) is 70.1 Å². The van der Waals surface area contributed by atoms with Crippen LogP contribution in [-0.4, -0.2) is 13.8 Å². The SMILES string of the molecule is CCC1CC([Si](C)(C)NC(C)(C)C)C2C=CC=CC12. The number of rotatable bonds is 3. The molecule has 0 saturated heterocycles. The lowest BCUT2D eigenvalue weighted by Crippen LogP contribution is -2.57. The van der Waals surface area contributed by atoms with Crippen LogP contribution in [0.1, 0.15) is 40.5 Å². The summed E-state index contributed by atoms with van der Waals surface area (Å²) in [5, 5.41) is 0. The van der Waals surface area contributed by atoms with E-state index in [0.717, 1.165) is 23.3 Å². The zero-order chi connectivity index (χ0) is 14.3. The summed E-state index contributed by atoms with van der Waals surface area (Å²) in [6, 6.07) is 0. The van der Waals surface area contributed by atoms with Gasteiger partial charge in [0.1, 0.15) is 8.24 Å². The molecular formula is C17H31NSi. The molecule has 108 valence electrons. The molecule has 0 amide bonds. The minimum atomic E-state index is -1.41. The summed E-state index contributed by atoms with van der Waals surface area (Å²) < 4.78 is 0. The smallest absolute Gasteiger partial charge is 0.123 e. The molecule has 2 rings (SSSR count). The zero-order valence-electron chi connectivity index (χ0n) is 13.5. The first-order valence-corrected chi connectivity index (χ1v) is 11.0. The Kier molecular flexibility index (Phi) is 4.13. The lowest BCUT2D eigenvalue weighted by Gasteiger charge is -2.40. The number of allylic oxidation sites excluding steroid dienone is 4. The van der Waals surface area contributed by atoms with Gasteiger partial charge in [0.05, 0.1) is 0 Å². The van der Waals surface area contributed by atoms with Crippen molar-refractivity contribution in [3.63, 3.8) is 0 Å². The maximum atomic E-state index is 4.00. The van der Waals surface area contributed by atoms with Crippen molar-refractivity contribution < 1.29 is 0 Å². The van der Waals surface area contributed by atoms with E-state index in [1.165, 1.54) is 12.8 Å². The highest BCUT2D eigenvalue weighted by Crippen LogP contribution is 2.52. The highest BCUT2D eigenvalue weighted by atomic mass is 28.3. The van der Waals surface area contributed by atoms with Crippen molar-refractivity contribution in [2.75, 3.05) is 0 Å². The molecule has 0 heterocycles. The molecule has 2 aliphatic carbocycles. The summed E-state index contributed by atoms with van der Waals surface area (Å²) in [5.74, 6) is 2.48. The topological polar surface area (TPSA) is 12.0 Å². The third-order valence-corrected chi connectivity index (χ3v) is 8.81. The van der Waals surface area contributed by atoms with Gasteiger partial charge in [-0.05, 0) is 50.5 Å². The van der Waals surface area contributed by atoms with Crippen LogP contribution in [0.15, 0.2) is 24.3 Å². The fraction of sp³-hybridized carbons (Fsp3) is 0.765. The average Bonchev–Trinajstić information content (AvgIpc) is 2.65. The van der Waals surface area contributed by atoms with Crippen LogP contribution in [0.2, 0.25) is 18.6 Å². The van der Waals surface area contributed by atoms with Crippen molar-refractivity contribution in [1.82, 2.24) is 4.98 Å². The van der Waals surface area contributed by atoms with E-state index in [1.807, 2.05) is 0 Å². The van der Waals surface area contributed by atoms with Crippen LogP contribution < -0.4 is 4.98 Å². The molecule has 0 aromatic rings. The third-order valence-electron chi connectivity index (χ3n) is 4.94. The maximum absolute atomic E-state index is 4.00. The quantitative estimate of drug-likeness (QED) is 0.735. The minimum Gasteiger partial charge on any atom is -0.332 e. The fourth-order valence-electron chi connectivity index (χ4n) is 4.43. The largest absolute Gasteiger partial charge is 0.332 e. The normalized spacial score (nSPS) is 34.6. The molecule has 1 saturated carbocycles. The number of hydrogen-bond donors (Lipinski definition) is 1. The van der Waals surface area contributed by atoms with Gasteiger partial charge >= 0.3 is 0 Å². The summed E-state index contributed by atoms with van der Waals surface area (Å²) in [4.78, 5) is 4.00. The van der Waals surface area contributed by atoms with Gasteiger partial charge in [0, 0.05) is 5.54 Å². The predicted octanol–water partition coefficient (Wildman–Crippen LogP) is 4.74. The average molecular weight is 278 g/mol. The number of fused-ring (bicyclic) bond motifs is 1. The van der Waals surface area contributed by atoms with E-state index in [-0.39, 0.29) is 5.54 Å². The van der Waals surface area contributed by atoms with Crippen LogP contribution in [0.4, 0.5) is 0 Å². The second kappa shape index (κ2) is 5.21. The third kappa shape index (κ3) is 3.22. The summed E-state index contributed by atoms with van der Waals surface area (Å²) >= 11 is 0. The Morgan fingerprint density at radius 2 is 1.68 bits per heavy atom. The molecular weight excluding hydrogens is 246 g/mol. The molecule has 1 fully saturated rings. The van der Waals surface area contributed by atoms with Crippen LogP contribution in [-0.2, 0) is 0 Å². The van der Waals surface area contributed by atoms with Crippen molar-refractivity contribution in [3.8, 4) is 0 Å². The predicted molar refractivity (Wildman–Crippen MR) is 87.8 cm³/mol. The van der Waals surface area contributed by atoms with Crippen LogP contribution in [0, 0.1) is 17.8 Å². The van der Waals surface area contributed by atoms with Crippen molar-refractivity contribution >= 4 is 8.24 Å². The monoisotopic (exact) mass is 277 g/mol. The molecule has 0 aromatic carbocycles. The van der Waals surface area contributed by atoms with Crippen LogP contribution >= 0.6 is 0 Å². The van der Waals surface area contributed by atoms with Gasteiger partial charge in [-0.3, -0.25) is 0 Å². The summed E-state index contributed by atoms with van der Waals surface area (Å²) in [6.45, 7) is 14.3. The lowest BCUT2D eigenvalue weighted by atomic mass is 9.85. The molecule has 4 unspecified atom stereocenters. The first-order valence-electron chi connectivity index (χ1n) is 7.89. The maximum Gasteiger partial charge on any atom is 0.123 e. The standard InChI is InChI=1S/C17H31NSi/c1-7-13-12-16(15-11-9-8-10-14(13)15)19(5,6)18-17(2,3)4/h8-11,13-16,18H,7,12H2,1-6H3. The zero-order valence-corrected chi connectivity index (χ0v) is 14.5. The Bertz CT molecular complexity index is 375. The lowest BCUT2D eigenvalue weighted by molar-refractivity contribution is 0.407. The Labute approximate surface area is 120 Å². The first-order chi connectivity index (χ1) is 8.74. The number of hydrogen-bond acceptors (Lipinski definition) is 1. The molecule has 19 heavy (non-hydrogen) atoms. The summed E-state index contributed by atoms with van der Waals surface area (Å²) in [6.07, 6.45) is 12.2. The van der Waals surface area contributed by atoms with Gasteiger partial charge in [0.2, 0.25) is 0 Å². The Hall–Kier alpha value is -0.343. The van der Waals surface area contributed by atoms with E-state index in [9.17, 15) is 0 Å². The van der Waals surface area contributed by atoms with Crippen LogP contribution in [0.5, 0.6) is 0 Å².